The Kier molecular flexibility index (Phi) is 22.0. The number of hydrogen-bond acceptors (Lipinski definition) is 17. The average Bonchev–Trinajstić information content (AvgIpc) is 1.66. The summed E-state index contributed by atoms with van der Waals surface area (Å²) in [6, 6.07) is 43.4. The Morgan fingerprint density at radius 2 is 0.788 bits per heavy atom. The van der Waals surface area contributed by atoms with Gasteiger partial charge in [-0.1, -0.05) is 102 Å². The number of ether oxygens (including phenoxy) is 1. The van der Waals surface area contributed by atoms with Crippen LogP contribution >= 0.6 is 91.8 Å². The van der Waals surface area contributed by atoms with Crippen LogP contribution in [0, 0.1) is 0 Å². The molecule has 1 saturated heterocycles. The van der Waals surface area contributed by atoms with E-state index in [1.54, 1.807) is 85.9 Å². The number of aromatic nitrogens is 7. The lowest BCUT2D eigenvalue weighted by Gasteiger charge is -2.26. The summed E-state index contributed by atoms with van der Waals surface area (Å²) in [5, 5.41) is 9.95. The van der Waals surface area contributed by atoms with Crippen LogP contribution in [0.5, 0.6) is 0 Å². The summed E-state index contributed by atoms with van der Waals surface area (Å²) in [6.45, 7) is 10.3. The molecule has 5 aliphatic rings. The Labute approximate surface area is 611 Å². The van der Waals surface area contributed by atoms with E-state index in [9.17, 15) is 14.4 Å². The van der Waals surface area contributed by atoms with E-state index in [1.807, 2.05) is 130 Å². The van der Waals surface area contributed by atoms with Gasteiger partial charge in [0.2, 0.25) is 0 Å². The number of thiazole rings is 4. The molecule has 0 radical (unpaired) electrons. The molecule has 99 heavy (non-hydrogen) atoms. The van der Waals surface area contributed by atoms with Gasteiger partial charge in [0.15, 0.2) is 5.13 Å². The molecule has 0 bridgehead atoms. The summed E-state index contributed by atoms with van der Waals surface area (Å²) in [5.41, 5.74) is 11.7. The first kappa shape index (κ1) is 69.2. The van der Waals surface area contributed by atoms with Gasteiger partial charge in [-0.05, 0) is 133 Å². The number of pyridine rings is 3. The highest BCUT2D eigenvalue weighted by Crippen LogP contribution is 2.45. The summed E-state index contributed by atoms with van der Waals surface area (Å²) >= 11 is 30.6. The average molecular weight is 1470 g/mol. The minimum atomic E-state index is -0.0111. The molecule has 4 aromatic carbocycles. The third-order valence-electron chi connectivity index (χ3n) is 18.0. The fraction of sp³-hybridized carbons (Fsp3) is 0.253. The molecule has 1 N–H and O–H groups in total. The number of fused-ring (bicyclic) bond motifs is 4. The predicted molar refractivity (Wildman–Crippen MR) is 401 cm³/mol. The van der Waals surface area contributed by atoms with Crippen molar-refractivity contribution in [2.45, 2.75) is 49.4 Å². The lowest BCUT2D eigenvalue weighted by Crippen LogP contribution is -2.36. The molecule has 16 nitrogen and oxygen atoms in total. The van der Waals surface area contributed by atoms with Gasteiger partial charge in [-0.2, -0.15) is 0 Å². The fourth-order valence-electron chi connectivity index (χ4n) is 12.5. The van der Waals surface area contributed by atoms with Crippen LogP contribution in [0.1, 0.15) is 128 Å². The molecule has 0 saturated carbocycles. The number of anilines is 1. The SMILES string of the molecule is C=C1NCCC(c2ccc(Cl)cc2)c2sc(-c3ccncc3)nc21.CN1CCC(c2ccc(Cl)cc2)c2nc(-c3ccncc3)sc2C1=O.CN1CCC(c2ccc(Cl)cc2)c2sc(-c3ccncc3)nc2C1=O.CN1CCC(c2ccc(Cl)cc2)c2sc(N3CCOCC3)nc2C1=O. The van der Waals surface area contributed by atoms with Crippen LogP contribution < -0.4 is 10.2 Å². The number of hydrogen-bond donors (Lipinski definition) is 1. The number of morpholine rings is 1. The van der Waals surface area contributed by atoms with E-state index in [1.165, 1.54) is 32.9 Å². The van der Waals surface area contributed by atoms with E-state index in [2.05, 4.69) is 61.0 Å². The molecule has 11 aromatic rings. The molecule has 5 aliphatic heterocycles. The predicted octanol–water partition coefficient (Wildman–Crippen LogP) is 17.1. The number of rotatable bonds is 8. The standard InChI is InChI=1S/2C19H16ClN3OS.C19H16ClN3S.C18H20ClN3O2S/c1-23-11-8-15(12-2-4-14(20)5-3-12)17-16(19(23)24)22-18(25-17)13-6-9-21-10-7-13;1-23-11-8-15(12-2-4-14(20)5-3-12)16-17(19(23)24)25-18(22-16)13-6-9-21-10-7-13;1-12-17-18(24-19(23-17)14-6-9-21-10-7-14)16(8-11-22-12)13-2-4-15(20)5-3-13;1-21-7-6-14(12-2-4-13(19)5-3-12)16-15(17(21)23)20-18(25-16)22-8-10-24-11-9-22/h2*2-7,9-10,15H,8,11H2,1H3;2-7,9-10,16,22H,1,8,11H2;2-5,14H,6-11H2,1H3. The second kappa shape index (κ2) is 31.5. The summed E-state index contributed by atoms with van der Waals surface area (Å²) in [7, 11) is 5.54. The van der Waals surface area contributed by atoms with Crippen LogP contribution in [0.4, 0.5) is 5.13 Å². The van der Waals surface area contributed by atoms with E-state index >= 15 is 0 Å². The maximum Gasteiger partial charge on any atom is 0.273 e. The van der Waals surface area contributed by atoms with Crippen molar-refractivity contribution in [3.05, 3.63) is 262 Å². The van der Waals surface area contributed by atoms with Crippen molar-refractivity contribution in [2.75, 3.05) is 78.5 Å². The van der Waals surface area contributed by atoms with Gasteiger partial charge in [-0.25, -0.2) is 19.9 Å². The van der Waals surface area contributed by atoms with E-state index in [0.29, 0.717) is 53.7 Å². The molecule has 4 unspecified atom stereocenters. The van der Waals surface area contributed by atoms with Gasteiger partial charge in [-0.15, -0.1) is 45.3 Å². The van der Waals surface area contributed by atoms with Crippen molar-refractivity contribution in [3.8, 4) is 31.7 Å². The Hall–Kier alpha value is -8.28. The van der Waals surface area contributed by atoms with Crippen LogP contribution in [0.3, 0.4) is 0 Å². The molecule has 0 spiro atoms. The van der Waals surface area contributed by atoms with Crippen molar-refractivity contribution in [1.82, 2.24) is 54.9 Å². The summed E-state index contributed by atoms with van der Waals surface area (Å²) in [4.78, 5) is 81.2. The summed E-state index contributed by atoms with van der Waals surface area (Å²) < 4.78 is 5.43. The monoisotopic (exact) mass is 1470 g/mol. The fourth-order valence-corrected chi connectivity index (χ4v) is 17.9. The van der Waals surface area contributed by atoms with E-state index in [4.69, 9.17) is 66.1 Å². The van der Waals surface area contributed by atoms with Gasteiger partial charge < -0.3 is 29.7 Å². The number of nitrogens with zero attached hydrogens (tertiary/aromatic N) is 11. The lowest BCUT2D eigenvalue weighted by molar-refractivity contribution is 0.0787. The van der Waals surface area contributed by atoms with E-state index in [0.717, 1.165) is 136 Å². The minimum Gasteiger partial charge on any atom is -0.384 e. The molecule has 24 heteroatoms. The Morgan fingerprint density at radius 1 is 0.424 bits per heavy atom. The molecule has 3 amide bonds. The van der Waals surface area contributed by atoms with Crippen molar-refractivity contribution >= 4 is 120 Å². The van der Waals surface area contributed by atoms with Crippen LogP contribution in [-0.2, 0) is 4.74 Å². The molecule has 0 aliphatic carbocycles. The first-order valence-electron chi connectivity index (χ1n) is 32.4. The Balaban J connectivity index is 0.000000119. The van der Waals surface area contributed by atoms with Crippen molar-refractivity contribution in [2.24, 2.45) is 0 Å². The first-order chi connectivity index (χ1) is 48.1. The largest absolute Gasteiger partial charge is 0.384 e. The minimum absolute atomic E-state index is 0.0111. The molecule has 1 fully saturated rings. The number of amides is 3. The van der Waals surface area contributed by atoms with Crippen LogP contribution in [0.15, 0.2) is 177 Å². The maximum atomic E-state index is 12.8. The number of nitrogens with one attached hydrogen (secondary N) is 1. The highest BCUT2D eigenvalue weighted by molar-refractivity contribution is 7.17. The zero-order chi connectivity index (χ0) is 68.7. The highest BCUT2D eigenvalue weighted by Gasteiger charge is 2.36. The summed E-state index contributed by atoms with van der Waals surface area (Å²) in [6.07, 6.45) is 14.2. The molecule has 7 aromatic heterocycles. The lowest BCUT2D eigenvalue weighted by atomic mass is 9.92. The molecular formula is C75H68Cl4N12O4S4. The molecule has 4 atom stereocenters. The Morgan fingerprint density at radius 3 is 1.24 bits per heavy atom. The Bertz CT molecular complexity index is 4480. The van der Waals surface area contributed by atoms with Gasteiger partial charge in [0.25, 0.3) is 17.7 Å². The number of benzene rings is 4. The number of halogens is 4. The zero-order valence-corrected chi connectivity index (χ0v) is 60.7. The molecule has 16 rings (SSSR count). The van der Waals surface area contributed by atoms with Crippen LogP contribution in [-0.4, -0.2) is 141 Å². The van der Waals surface area contributed by atoms with E-state index in [-0.39, 0.29) is 35.5 Å². The van der Waals surface area contributed by atoms with Crippen molar-refractivity contribution < 1.29 is 19.1 Å². The highest BCUT2D eigenvalue weighted by atomic mass is 35.5. The van der Waals surface area contributed by atoms with Gasteiger partial charge in [0.1, 0.15) is 37.0 Å². The van der Waals surface area contributed by atoms with Crippen molar-refractivity contribution in [1.29, 1.82) is 0 Å². The second-order valence-electron chi connectivity index (χ2n) is 24.4. The van der Waals surface area contributed by atoms with Gasteiger partial charge in [0, 0.05) is 173 Å². The number of carbonyl (C=O) groups excluding carboxylic acids is 3. The quantitative estimate of drug-likeness (QED) is 0.152. The first-order valence-corrected chi connectivity index (χ1v) is 37.2. The maximum absolute atomic E-state index is 12.8. The normalized spacial score (nSPS) is 18.2. The summed E-state index contributed by atoms with van der Waals surface area (Å²) in [5.74, 6) is 0.766. The smallest absolute Gasteiger partial charge is 0.273 e. The van der Waals surface area contributed by atoms with Crippen molar-refractivity contribution in [3.63, 3.8) is 0 Å². The molecule has 12 heterocycles. The topological polar surface area (TPSA) is 176 Å². The molecule has 504 valence electrons. The van der Waals surface area contributed by atoms with Gasteiger partial charge in [-0.3, -0.25) is 29.3 Å². The zero-order valence-electron chi connectivity index (χ0n) is 54.4. The van der Waals surface area contributed by atoms with Crippen LogP contribution in [0.2, 0.25) is 20.1 Å². The van der Waals surface area contributed by atoms with E-state index < -0.39 is 0 Å². The third-order valence-corrected chi connectivity index (χ3v) is 23.8. The third kappa shape index (κ3) is 15.8. The molecular weight excluding hydrogens is 1400 g/mol. The number of carbonyl (C=O) groups is 3. The van der Waals surface area contributed by atoms with Crippen LogP contribution in [0.25, 0.3) is 37.4 Å². The van der Waals surface area contributed by atoms with Gasteiger partial charge >= 0.3 is 0 Å². The van der Waals surface area contributed by atoms with Gasteiger partial charge in [0.05, 0.1) is 24.6 Å². The second-order valence-corrected chi connectivity index (χ2v) is 30.2.